The smallest absolute Gasteiger partial charge is 0.163 e. The molecular formula is C6H12O3. The molecule has 0 radical (unpaired) electrons. The molecule has 3 nitrogen and oxygen atoms in total. The Bertz CT molecular complexity index is 152. The van der Waals surface area contributed by atoms with Gasteiger partial charge in [0.05, 0.1) is 15.9 Å². The van der Waals surface area contributed by atoms with Gasteiger partial charge in [-0.15, -0.1) is 0 Å². The summed E-state index contributed by atoms with van der Waals surface area (Å²) in [6.45, 7) is 1.14. The summed E-state index contributed by atoms with van der Waals surface area (Å²) < 4.78 is 24.0. The van der Waals surface area contributed by atoms with Gasteiger partial charge in [-0.2, -0.15) is 0 Å². The number of aliphatic hydroxyl groups is 1. The SMILES string of the molecule is [2H]C([2H])(O)[C@H]1COC(C)(C)O1. The summed E-state index contributed by atoms with van der Waals surface area (Å²) in [6, 6.07) is 0. The molecule has 0 aromatic carbocycles. The third-order valence-corrected chi connectivity index (χ3v) is 1.15. The molecule has 1 N–H and O–H groups in total. The van der Waals surface area contributed by atoms with Crippen LogP contribution >= 0.6 is 0 Å². The minimum atomic E-state index is -2.31. The van der Waals surface area contributed by atoms with E-state index in [4.69, 9.17) is 17.3 Å². The fourth-order valence-electron chi connectivity index (χ4n) is 0.751. The second kappa shape index (κ2) is 2.25. The van der Waals surface area contributed by atoms with E-state index in [0.29, 0.717) is 0 Å². The van der Waals surface area contributed by atoms with E-state index in [0.717, 1.165) is 0 Å². The Kier molecular flexibility index (Phi) is 1.16. The van der Waals surface area contributed by atoms with Gasteiger partial charge in [-0.25, -0.2) is 0 Å². The van der Waals surface area contributed by atoms with E-state index in [1.54, 1.807) is 13.8 Å². The molecule has 1 fully saturated rings. The molecule has 3 heteroatoms. The second-order valence-corrected chi connectivity index (χ2v) is 2.45. The maximum Gasteiger partial charge on any atom is 0.163 e. The lowest BCUT2D eigenvalue weighted by molar-refractivity contribution is -0.142. The van der Waals surface area contributed by atoms with Crippen LogP contribution in [0.15, 0.2) is 0 Å². The molecule has 1 aliphatic heterocycles. The molecule has 54 valence electrons. The van der Waals surface area contributed by atoms with Gasteiger partial charge < -0.3 is 14.6 Å². The first-order valence-electron chi connectivity index (χ1n) is 3.85. The molecule has 0 spiro atoms. The highest BCUT2D eigenvalue weighted by molar-refractivity contribution is 4.69. The van der Waals surface area contributed by atoms with E-state index >= 15 is 0 Å². The predicted octanol–water partition coefficient (Wildman–Crippen LogP) is 0.130. The van der Waals surface area contributed by atoms with Gasteiger partial charge in [0.1, 0.15) is 6.10 Å². The van der Waals surface area contributed by atoms with Crippen molar-refractivity contribution in [2.24, 2.45) is 0 Å². The van der Waals surface area contributed by atoms with Crippen molar-refractivity contribution < 1.29 is 17.3 Å². The van der Waals surface area contributed by atoms with Gasteiger partial charge >= 0.3 is 0 Å². The first-order chi connectivity index (χ1) is 4.81. The highest BCUT2D eigenvalue weighted by Gasteiger charge is 2.31. The van der Waals surface area contributed by atoms with Crippen LogP contribution in [0.2, 0.25) is 0 Å². The number of hydrogen-bond acceptors (Lipinski definition) is 3. The Morgan fingerprint density at radius 2 is 2.56 bits per heavy atom. The average Bonchev–Trinajstić information content (AvgIpc) is 2.07. The normalized spacial score (nSPS) is 37.9. The van der Waals surface area contributed by atoms with Crippen LogP contribution in [0.1, 0.15) is 16.6 Å². The Morgan fingerprint density at radius 1 is 1.89 bits per heavy atom. The van der Waals surface area contributed by atoms with E-state index in [2.05, 4.69) is 0 Å². The van der Waals surface area contributed by atoms with E-state index in [1.165, 1.54) is 0 Å². The molecule has 0 unspecified atom stereocenters. The van der Waals surface area contributed by atoms with Crippen LogP contribution in [-0.4, -0.2) is 30.2 Å². The van der Waals surface area contributed by atoms with Gasteiger partial charge in [0, 0.05) is 0 Å². The Morgan fingerprint density at radius 3 is 2.78 bits per heavy atom. The molecule has 0 bridgehead atoms. The molecule has 0 amide bonds. The van der Waals surface area contributed by atoms with Crippen LogP contribution in [-0.2, 0) is 9.47 Å². The van der Waals surface area contributed by atoms with Crippen LogP contribution < -0.4 is 0 Å². The summed E-state index contributed by atoms with van der Waals surface area (Å²) in [6.07, 6.45) is -0.877. The monoisotopic (exact) mass is 134 g/mol. The van der Waals surface area contributed by atoms with Crippen LogP contribution in [0.4, 0.5) is 0 Å². The molecule has 0 aliphatic carbocycles. The van der Waals surface area contributed by atoms with Crippen molar-refractivity contribution in [1.82, 2.24) is 0 Å². The van der Waals surface area contributed by atoms with E-state index in [1.807, 2.05) is 0 Å². The standard InChI is InChI=1S/C6H12O3/c1-6(2)8-4-5(3-7)9-6/h5,7H,3-4H2,1-2H3/t5-/m0/s1/i3D2. The van der Waals surface area contributed by atoms with E-state index < -0.39 is 18.5 Å². The highest BCUT2D eigenvalue weighted by atomic mass is 16.7. The Labute approximate surface area is 57.4 Å². The number of rotatable bonds is 1. The molecule has 1 saturated heterocycles. The van der Waals surface area contributed by atoms with Gasteiger partial charge in [-0.1, -0.05) is 0 Å². The summed E-state index contributed by atoms with van der Waals surface area (Å²) in [4.78, 5) is 0. The average molecular weight is 134 g/mol. The van der Waals surface area contributed by atoms with Crippen molar-refractivity contribution in [1.29, 1.82) is 0 Å². The Balaban J connectivity index is 2.55. The van der Waals surface area contributed by atoms with Crippen molar-refractivity contribution >= 4 is 0 Å². The molecule has 0 aromatic heterocycles. The van der Waals surface area contributed by atoms with Crippen LogP contribution in [0.25, 0.3) is 0 Å². The number of ether oxygens (including phenoxy) is 2. The summed E-state index contributed by atoms with van der Waals surface area (Å²) >= 11 is 0. The van der Waals surface area contributed by atoms with Crippen molar-refractivity contribution in [2.45, 2.75) is 25.7 Å². The first kappa shape index (κ1) is 4.66. The minimum absolute atomic E-state index is 0.0938. The van der Waals surface area contributed by atoms with E-state index in [9.17, 15) is 0 Å². The fraction of sp³-hybridized carbons (Fsp3) is 1.00. The maximum absolute atomic E-state index is 8.88. The molecule has 1 aliphatic rings. The van der Waals surface area contributed by atoms with Crippen LogP contribution in [0, 0.1) is 0 Å². The quantitative estimate of drug-likeness (QED) is 0.554. The van der Waals surface area contributed by atoms with Gasteiger partial charge in [0.15, 0.2) is 5.79 Å². The molecule has 0 aromatic rings. The lowest BCUT2D eigenvalue weighted by atomic mass is 10.4. The zero-order chi connectivity index (χ0) is 8.70. The van der Waals surface area contributed by atoms with Crippen molar-refractivity contribution in [2.75, 3.05) is 13.2 Å². The molecule has 1 heterocycles. The van der Waals surface area contributed by atoms with Gasteiger partial charge in [0.2, 0.25) is 0 Å². The molecule has 1 rings (SSSR count). The van der Waals surface area contributed by atoms with Crippen LogP contribution in [0.5, 0.6) is 0 Å². The minimum Gasteiger partial charge on any atom is -0.394 e. The van der Waals surface area contributed by atoms with Crippen molar-refractivity contribution in [3.05, 3.63) is 0 Å². The maximum atomic E-state index is 8.88. The van der Waals surface area contributed by atoms with Gasteiger partial charge in [-0.3, -0.25) is 0 Å². The summed E-state index contributed by atoms with van der Waals surface area (Å²) in [5.41, 5.74) is 0. The summed E-state index contributed by atoms with van der Waals surface area (Å²) in [7, 11) is 0. The molecule has 0 saturated carbocycles. The Hall–Kier alpha value is -0.120. The highest BCUT2D eigenvalue weighted by Crippen LogP contribution is 2.21. The largest absolute Gasteiger partial charge is 0.394 e. The second-order valence-electron chi connectivity index (χ2n) is 2.45. The topological polar surface area (TPSA) is 38.7 Å². The first-order valence-corrected chi connectivity index (χ1v) is 2.85. The third-order valence-electron chi connectivity index (χ3n) is 1.15. The van der Waals surface area contributed by atoms with Gasteiger partial charge in [0.25, 0.3) is 0 Å². The zero-order valence-electron chi connectivity index (χ0n) is 7.55. The zero-order valence-corrected chi connectivity index (χ0v) is 5.55. The lowest BCUT2D eigenvalue weighted by Crippen LogP contribution is -2.22. The van der Waals surface area contributed by atoms with Crippen molar-refractivity contribution in [3.63, 3.8) is 0 Å². The summed E-state index contributed by atoms with van der Waals surface area (Å²) in [5.74, 6) is -0.777. The predicted molar refractivity (Wildman–Crippen MR) is 32.0 cm³/mol. The summed E-state index contributed by atoms with van der Waals surface area (Å²) in [5, 5.41) is 8.88. The molecule has 1 atom stereocenters. The van der Waals surface area contributed by atoms with Crippen molar-refractivity contribution in [3.8, 4) is 0 Å². The van der Waals surface area contributed by atoms with Gasteiger partial charge in [-0.05, 0) is 13.8 Å². The third kappa shape index (κ3) is 1.64. The lowest BCUT2D eigenvalue weighted by Gasteiger charge is -2.15. The molecule has 9 heavy (non-hydrogen) atoms. The molecular weight excluding hydrogens is 120 g/mol. The fourth-order valence-corrected chi connectivity index (χ4v) is 0.751. The van der Waals surface area contributed by atoms with E-state index in [-0.39, 0.29) is 6.61 Å². The number of hydrogen-bond donors (Lipinski definition) is 1. The van der Waals surface area contributed by atoms with Crippen LogP contribution in [0.3, 0.4) is 0 Å².